The molecule has 0 bridgehead atoms. The second kappa shape index (κ2) is 5.21. The summed E-state index contributed by atoms with van der Waals surface area (Å²) in [5.74, 6) is 0.552. The Kier molecular flexibility index (Phi) is 3.66. The average Bonchev–Trinajstić information content (AvgIpc) is 2.28. The summed E-state index contributed by atoms with van der Waals surface area (Å²) in [6, 6.07) is 1.29. The van der Waals surface area contributed by atoms with E-state index >= 15 is 0 Å². The van der Waals surface area contributed by atoms with Crippen molar-refractivity contribution in [1.29, 1.82) is 0 Å². The van der Waals surface area contributed by atoms with Crippen LogP contribution in [-0.2, 0) is 0 Å². The summed E-state index contributed by atoms with van der Waals surface area (Å²) in [7, 11) is 0. The summed E-state index contributed by atoms with van der Waals surface area (Å²) in [6.07, 6.45) is 4.84. The van der Waals surface area contributed by atoms with E-state index in [4.69, 9.17) is 0 Å². The Morgan fingerprint density at radius 2 is 2.06 bits per heavy atom. The van der Waals surface area contributed by atoms with Gasteiger partial charge in [-0.3, -0.25) is 0 Å². The van der Waals surface area contributed by atoms with Gasteiger partial charge in [0, 0.05) is 12.6 Å². The number of rotatable bonds is 3. The number of aliphatic hydroxyl groups excluding tert-OH is 1. The predicted octanol–water partition coefficient (Wildman–Crippen LogP) is 1.58. The van der Waals surface area contributed by atoms with Crippen LogP contribution in [0.4, 0.5) is 10.2 Å². The fraction of sp³-hybridized carbons (Fsp3) is 0.636. The van der Waals surface area contributed by atoms with Crippen LogP contribution in [0.15, 0.2) is 12.4 Å². The molecule has 2 N–H and O–H groups in total. The molecule has 1 aromatic rings. The molecule has 1 aromatic heterocycles. The molecule has 0 aliphatic heterocycles. The lowest BCUT2D eigenvalue weighted by Crippen LogP contribution is -2.23. The number of nitrogens with zero attached hydrogens (tertiary/aromatic N) is 2. The van der Waals surface area contributed by atoms with Gasteiger partial charge in [0.15, 0.2) is 0 Å². The van der Waals surface area contributed by atoms with Crippen molar-refractivity contribution in [3.05, 3.63) is 18.3 Å². The van der Waals surface area contributed by atoms with E-state index in [9.17, 15) is 9.50 Å². The number of hydrogen-bond acceptors (Lipinski definition) is 4. The number of hydrogen-bond donors (Lipinski definition) is 2. The molecule has 0 atom stereocenters. The molecule has 0 aromatic carbocycles. The number of halogens is 1. The molecule has 1 saturated carbocycles. The van der Waals surface area contributed by atoms with E-state index in [-0.39, 0.29) is 6.10 Å². The van der Waals surface area contributed by atoms with Crippen molar-refractivity contribution in [2.45, 2.75) is 31.8 Å². The Morgan fingerprint density at radius 1 is 1.31 bits per heavy atom. The molecule has 88 valence electrons. The van der Waals surface area contributed by atoms with Gasteiger partial charge in [-0.1, -0.05) is 0 Å². The lowest BCUT2D eigenvalue weighted by molar-refractivity contribution is 0.111. The maximum Gasteiger partial charge on any atom is 0.217 e. The van der Waals surface area contributed by atoms with Gasteiger partial charge < -0.3 is 10.4 Å². The highest BCUT2D eigenvalue weighted by molar-refractivity contribution is 5.31. The van der Waals surface area contributed by atoms with Crippen LogP contribution >= 0.6 is 0 Å². The molecular weight excluding hydrogens is 209 g/mol. The van der Waals surface area contributed by atoms with E-state index in [0.29, 0.717) is 11.7 Å². The minimum absolute atomic E-state index is 0.132. The lowest BCUT2D eigenvalue weighted by Gasteiger charge is -2.25. The molecule has 1 aliphatic rings. The lowest BCUT2D eigenvalue weighted by atomic mass is 9.87. The van der Waals surface area contributed by atoms with Crippen molar-refractivity contribution in [1.82, 2.24) is 9.97 Å². The highest BCUT2D eigenvalue weighted by Gasteiger charge is 2.18. The third-order valence-corrected chi connectivity index (χ3v) is 3.02. The Balaban J connectivity index is 1.79. The normalized spacial score (nSPS) is 25.4. The fourth-order valence-electron chi connectivity index (χ4n) is 2.03. The molecule has 4 nitrogen and oxygen atoms in total. The number of aromatic nitrogens is 2. The summed E-state index contributed by atoms with van der Waals surface area (Å²) >= 11 is 0. The first-order valence-corrected chi connectivity index (χ1v) is 5.63. The summed E-state index contributed by atoms with van der Waals surface area (Å²) in [6.45, 7) is 0.781. The molecule has 1 heterocycles. The Bertz CT molecular complexity index is 340. The van der Waals surface area contributed by atoms with Crippen molar-refractivity contribution >= 4 is 5.82 Å². The van der Waals surface area contributed by atoms with Gasteiger partial charge >= 0.3 is 0 Å². The third kappa shape index (κ3) is 3.13. The van der Waals surface area contributed by atoms with Gasteiger partial charge in [0.2, 0.25) is 5.95 Å². The van der Waals surface area contributed by atoms with Crippen LogP contribution in [0.3, 0.4) is 0 Å². The van der Waals surface area contributed by atoms with Crippen LogP contribution < -0.4 is 5.32 Å². The summed E-state index contributed by atoms with van der Waals surface area (Å²) in [5, 5.41) is 12.5. The van der Waals surface area contributed by atoms with E-state index in [1.54, 1.807) is 0 Å². The number of aliphatic hydroxyl groups is 1. The second-order valence-corrected chi connectivity index (χ2v) is 4.28. The van der Waals surface area contributed by atoms with Gasteiger partial charge in [0.05, 0.1) is 6.10 Å². The maximum atomic E-state index is 12.8. The monoisotopic (exact) mass is 225 g/mol. The van der Waals surface area contributed by atoms with Gasteiger partial charge in [-0.05, 0) is 31.6 Å². The van der Waals surface area contributed by atoms with Crippen molar-refractivity contribution < 1.29 is 9.50 Å². The molecule has 16 heavy (non-hydrogen) atoms. The molecule has 0 unspecified atom stereocenters. The van der Waals surface area contributed by atoms with Crippen LogP contribution in [0.2, 0.25) is 0 Å². The van der Waals surface area contributed by atoms with Gasteiger partial charge in [-0.15, -0.1) is 0 Å². The Hall–Kier alpha value is -1.23. The zero-order valence-corrected chi connectivity index (χ0v) is 9.06. The summed E-state index contributed by atoms with van der Waals surface area (Å²) in [4.78, 5) is 7.32. The standard InChI is InChI=1S/C11H16FN3O/c12-10-5-11(15-7-14-10)13-6-8-1-3-9(16)4-2-8/h5,7-9,16H,1-4,6H2,(H,13,14,15). The SMILES string of the molecule is OC1CCC(CNc2cc(F)ncn2)CC1. The van der Waals surface area contributed by atoms with E-state index in [1.807, 2.05) is 0 Å². The van der Waals surface area contributed by atoms with Crippen molar-refractivity contribution in [3.8, 4) is 0 Å². The van der Waals surface area contributed by atoms with Crippen LogP contribution in [0.25, 0.3) is 0 Å². The topological polar surface area (TPSA) is 58.0 Å². The smallest absolute Gasteiger partial charge is 0.217 e. The molecule has 0 amide bonds. The minimum atomic E-state index is -0.517. The Labute approximate surface area is 93.9 Å². The molecule has 5 heteroatoms. The van der Waals surface area contributed by atoms with Crippen LogP contribution in [0.1, 0.15) is 25.7 Å². The molecule has 2 rings (SSSR count). The van der Waals surface area contributed by atoms with Crippen LogP contribution in [-0.4, -0.2) is 27.7 Å². The zero-order chi connectivity index (χ0) is 11.4. The molecule has 0 spiro atoms. The van der Waals surface area contributed by atoms with Crippen molar-refractivity contribution in [3.63, 3.8) is 0 Å². The van der Waals surface area contributed by atoms with Crippen molar-refractivity contribution in [2.24, 2.45) is 5.92 Å². The van der Waals surface area contributed by atoms with Gasteiger partial charge in [-0.2, -0.15) is 4.39 Å². The third-order valence-electron chi connectivity index (χ3n) is 3.02. The quantitative estimate of drug-likeness (QED) is 0.767. The highest BCUT2D eigenvalue weighted by atomic mass is 19.1. The first-order valence-electron chi connectivity index (χ1n) is 5.63. The number of nitrogens with one attached hydrogen (secondary N) is 1. The van der Waals surface area contributed by atoms with E-state index < -0.39 is 5.95 Å². The van der Waals surface area contributed by atoms with Crippen LogP contribution in [0, 0.1) is 11.9 Å². The summed E-state index contributed by atoms with van der Waals surface area (Å²) < 4.78 is 12.8. The zero-order valence-electron chi connectivity index (χ0n) is 9.06. The Morgan fingerprint density at radius 3 is 2.75 bits per heavy atom. The van der Waals surface area contributed by atoms with Crippen LogP contribution in [0.5, 0.6) is 0 Å². The summed E-state index contributed by atoms with van der Waals surface area (Å²) in [5.41, 5.74) is 0. The van der Waals surface area contributed by atoms with Gasteiger partial charge in [-0.25, -0.2) is 9.97 Å². The first kappa shape index (κ1) is 11.3. The van der Waals surface area contributed by atoms with E-state index in [0.717, 1.165) is 32.2 Å². The molecule has 0 radical (unpaired) electrons. The molecule has 1 aliphatic carbocycles. The van der Waals surface area contributed by atoms with Crippen molar-refractivity contribution in [2.75, 3.05) is 11.9 Å². The molecule has 0 saturated heterocycles. The average molecular weight is 225 g/mol. The fourth-order valence-corrected chi connectivity index (χ4v) is 2.03. The number of anilines is 1. The highest BCUT2D eigenvalue weighted by Crippen LogP contribution is 2.24. The minimum Gasteiger partial charge on any atom is -0.393 e. The molecular formula is C11H16FN3O. The first-order chi connectivity index (χ1) is 7.74. The maximum absolute atomic E-state index is 12.8. The van der Waals surface area contributed by atoms with Gasteiger partial charge in [0.25, 0.3) is 0 Å². The largest absolute Gasteiger partial charge is 0.393 e. The second-order valence-electron chi connectivity index (χ2n) is 4.28. The predicted molar refractivity (Wildman–Crippen MR) is 58.4 cm³/mol. The van der Waals surface area contributed by atoms with Gasteiger partial charge in [0.1, 0.15) is 12.1 Å². The van der Waals surface area contributed by atoms with E-state index in [2.05, 4.69) is 15.3 Å². The van der Waals surface area contributed by atoms with E-state index in [1.165, 1.54) is 12.4 Å². The molecule has 1 fully saturated rings.